The average Bonchev–Trinajstić information content (AvgIpc) is 2.70. The number of anilines is 2. The predicted octanol–water partition coefficient (Wildman–Crippen LogP) is 5.03. The lowest BCUT2D eigenvalue weighted by atomic mass is 10.1. The van der Waals surface area contributed by atoms with E-state index in [1.807, 2.05) is 19.9 Å². The summed E-state index contributed by atoms with van der Waals surface area (Å²) < 4.78 is 35.5. The van der Waals surface area contributed by atoms with Crippen molar-refractivity contribution in [1.29, 1.82) is 0 Å². The molecule has 3 heterocycles. The van der Waals surface area contributed by atoms with Gasteiger partial charge < -0.3 is 4.74 Å². The zero-order valence-corrected chi connectivity index (χ0v) is 17.3. The largest absolute Gasteiger partial charge is 0.497 e. The Morgan fingerprint density at radius 2 is 1.87 bits per heavy atom. The number of halogens is 2. The fraction of sp³-hybridized carbons (Fsp3) is 0.190. The number of ether oxygens (including phenoxy) is 1. The van der Waals surface area contributed by atoms with Gasteiger partial charge in [-0.05, 0) is 43.7 Å². The van der Waals surface area contributed by atoms with Crippen LogP contribution in [0.2, 0.25) is 0 Å². The van der Waals surface area contributed by atoms with Crippen LogP contribution in [0.15, 0.2) is 47.5 Å². The van der Waals surface area contributed by atoms with E-state index in [2.05, 4.69) is 9.97 Å². The first kappa shape index (κ1) is 20.1. The molecule has 0 aliphatic carbocycles. The van der Waals surface area contributed by atoms with Crippen molar-refractivity contribution in [2.24, 2.45) is 0 Å². The summed E-state index contributed by atoms with van der Waals surface area (Å²) in [6, 6.07) is 8.90. The van der Waals surface area contributed by atoms with Gasteiger partial charge in [0.1, 0.15) is 23.2 Å². The minimum absolute atomic E-state index is 0.0638. The molecule has 154 valence electrons. The first-order valence-electron chi connectivity index (χ1n) is 9.09. The number of benzene rings is 1. The van der Waals surface area contributed by atoms with E-state index in [4.69, 9.17) is 4.74 Å². The quantitative estimate of drug-likeness (QED) is 0.545. The monoisotopic (exact) mass is 428 g/mol. The highest BCUT2D eigenvalue weighted by molar-refractivity contribution is 8.01. The Hall–Kier alpha value is -3.20. The Morgan fingerprint density at radius 1 is 1.13 bits per heavy atom. The van der Waals surface area contributed by atoms with Gasteiger partial charge in [0.2, 0.25) is 0 Å². The molecule has 4 rings (SSSR count). The number of hydrogen-bond acceptors (Lipinski definition) is 5. The van der Waals surface area contributed by atoms with E-state index in [-0.39, 0.29) is 17.9 Å². The number of methoxy groups -OCH3 is 1. The van der Waals surface area contributed by atoms with E-state index >= 15 is 0 Å². The molecule has 0 spiro atoms. The van der Waals surface area contributed by atoms with Crippen LogP contribution in [0.25, 0.3) is 0 Å². The van der Waals surface area contributed by atoms with Gasteiger partial charge in [0, 0.05) is 41.5 Å². The molecule has 9 heteroatoms. The van der Waals surface area contributed by atoms with Gasteiger partial charge in [-0.2, -0.15) is 0 Å². The Labute approximate surface area is 176 Å². The number of hydrogen-bond donors (Lipinski definition) is 0. The Morgan fingerprint density at radius 3 is 2.53 bits per heavy atom. The first-order valence-corrected chi connectivity index (χ1v) is 9.86. The van der Waals surface area contributed by atoms with Crippen molar-refractivity contribution in [1.82, 2.24) is 9.97 Å². The van der Waals surface area contributed by atoms with E-state index in [9.17, 15) is 13.6 Å². The Bertz CT molecular complexity index is 1100. The van der Waals surface area contributed by atoms with Crippen LogP contribution in [0.4, 0.5) is 25.2 Å². The highest BCUT2D eigenvalue weighted by Gasteiger charge is 2.35. The second-order valence-corrected chi connectivity index (χ2v) is 7.78. The molecule has 0 unspecified atom stereocenters. The second-order valence-electron chi connectivity index (χ2n) is 6.79. The lowest BCUT2D eigenvalue weighted by Crippen LogP contribution is -2.44. The third kappa shape index (κ3) is 3.68. The van der Waals surface area contributed by atoms with Crippen molar-refractivity contribution >= 4 is 29.6 Å². The van der Waals surface area contributed by atoms with Crippen LogP contribution in [0.1, 0.15) is 16.8 Å². The highest BCUT2D eigenvalue weighted by Crippen LogP contribution is 2.40. The van der Waals surface area contributed by atoms with E-state index in [0.717, 1.165) is 23.4 Å². The van der Waals surface area contributed by atoms with Crippen LogP contribution in [0.5, 0.6) is 5.75 Å². The molecule has 2 aromatic heterocycles. The number of carbonyl (C=O) groups is 1. The molecular formula is C21H18F2N4O2S. The SMILES string of the molecule is COc1cc(F)c(CN2C(=O)N(c3cc(C)cc(C)n3)Sc3cccnc32)c(F)c1. The van der Waals surface area contributed by atoms with Gasteiger partial charge in [-0.15, -0.1) is 0 Å². The Balaban J connectivity index is 1.78. The van der Waals surface area contributed by atoms with Gasteiger partial charge in [-0.25, -0.2) is 27.8 Å². The standard InChI is InChI=1S/C21H18F2N4O2S/c1-12-7-13(2)25-19(8-12)27-21(28)26(20-18(30-27)5-4-6-24-20)11-15-16(22)9-14(29-3)10-17(15)23/h4-10H,11H2,1-3H3. The second kappa shape index (κ2) is 7.91. The third-order valence-electron chi connectivity index (χ3n) is 4.56. The molecule has 0 bridgehead atoms. The number of amides is 2. The van der Waals surface area contributed by atoms with Gasteiger partial charge >= 0.3 is 6.03 Å². The number of aromatic nitrogens is 2. The van der Waals surface area contributed by atoms with Gasteiger partial charge in [0.25, 0.3) is 0 Å². The third-order valence-corrected chi connectivity index (χ3v) is 5.60. The minimum Gasteiger partial charge on any atom is -0.497 e. The number of urea groups is 1. The van der Waals surface area contributed by atoms with E-state index in [0.29, 0.717) is 16.5 Å². The zero-order valence-electron chi connectivity index (χ0n) is 16.5. The molecule has 0 saturated heterocycles. The normalized spacial score (nSPS) is 13.4. The maximum atomic E-state index is 14.6. The number of carbonyl (C=O) groups excluding carboxylic acids is 1. The fourth-order valence-corrected chi connectivity index (χ4v) is 4.16. The summed E-state index contributed by atoms with van der Waals surface area (Å²) in [5, 5.41) is 0. The molecule has 0 N–H and O–H groups in total. The number of fused-ring (bicyclic) bond motifs is 1. The predicted molar refractivity (Wildman–Crippen MR) is 111 cm³/mol. The van der Waals surface area contributed by atoms with Crippen LogP contribution in [-0.4, -0.2) is 23.1 Å². The summed E-state index contributed by atoms with van der Waals surface area (Å²) in [4.78, 5) is 24.0. The maximum Gasteiger partial charge on any atom is 0.342 e. The minimum atomic E-state index is -0.800. The Kier molecular flexibility index (Phi) is 5.29. The van der Waals surface area contributed by atoms with Gasteiger partial charge in [-0.3, -0.25) is 4.90 Å². The van der Waals surface area contributed by atoms with E-state index in [1.165, 1.54) is 34.5 Å². The number of aryl methyl sites for hydroxylation is 2. The summed E-state index contributed by atoms with van der Waals surface area (Å²) in [5.41, 5.74) is 1.46. The van der Waals surface area contributed by atoms with Gasteiger partial charge in [0.15, 0.2) is 5.82 Å². The molecular weight excluding hydrogens is 410 g/mol. The lowest BCUT2D eigenvalue weighted by molar-refractivity contribution is 0.253. The molecule has 2 amide bonds. The number of rotatable bonds is 4. The first-order chi connectivity index (χ1) is 14.4. The van der Waals surface area contributed by atoms with Crippen molar-refractivity contribution in [3.8, 4) is 5.75 Å². The number of pyridine rings is 2. The lowest BCUT2D eigenvalue weighted by Gasteiger charge is -2.34. The highest BCUT2D eigenvalue weighted by atomic mass is 32.2. The summed E-state index contributed by atoms with van der Waals surface area (Å²) in [5.74, 6) is -0.757. The topological polar surface area (TPSA) is 58.6 Å². The van der Waals surface area contributed by atoms with Crippen LogP contribution >= 0.6 is 11.9 Å². The maximum absolute atomic E-state index is 14.6. The van der Waals surface area contributed by atoms with Crippen molar-refractivity contribution in [2.75, 3.05) is 16.3 Å². The van der Waals surface area contributed by atoms with Crippen molar-refractivity contribution < 1.29 is 18.3 Å². The van der Waals surface area contributed by atoms with Crippen LogP contribution in [0.3, 0.4) is 0 Å². The van der Waals surface area contributed by atoms with Crippen molar-refractivity contribution in [3.05, 3.63) is 71.1 Å². The van der Waals surface area contributed by atoms with Gasteiger partial charge in [-0.1, -0.05) is 0 Å². The van der Waals surface area contributed by atoms with Crippen molar-refractivity contribution in [2.45, 2.75) is 25.3 Å². The summed E-state index contributed by atoms with van der Waals surface area (Å²) in [6.07, 6.45) is 1.53. The number of nitrogens with zero attached hydrogens (tertiary/aromatic N) is 4. The molecule has 1 aliphatic heterocycles. The fourth-order valence-electron chi connectivity index (χ4n) is 3.21. The van der Waals surface area contributed by atoms with Gasteiger partial charge in [0.05, 0.1) is 18.6 Å². The van der Waals surface area contributed by atoms with Crippen molar-refractivity contribution in [3.63, 3.8) is 0 Å². The molecule has 0 saturated carbocycles. The molecule has 0 atom stereocenters. The van der Waals surface area contributed by atoms with Crippen LogP contribution < -0.4 is 13.9 Å². The summed E-state index contributed by atoms with van der Waals surface area (Å²) >= 11 is 1.17. The average molecular weight is 428 g/mol. The van der Waals surface area contributed by atoms with E-state index < -0.39 is 17.7 Å². The smallest absolute Gasteiger partial charge is 0.342 e. The van der Waals surface area contributed by atoms with Crippen LogP contribution in [0, 0.1) is 25.5 Å². The van der Waals surface area contributed by atoms with Crippen LogP contribution in [-0.2, 0) is 6.54 Å². The summed E-state index contributed by atoms with van der Waals surface area (Å²) in [6.45, 7) is 3.42. The molecule has 0 fully saturated rings. The molecule has 1 aliphatic rings. The van der Waals surface area contributed by atoms with E-state index in [1.54, 1.807) is 18.2 Å². The molecule has 1 aromatic carbocycles. The molecule has 0 radical (unpaired) electrons. The molecule has 6 nitrogen and oxygen atoms in total. The molecule has 30 heavy (non-hydrogen) atoms. The molecule has 3 aromatic rings. The summed E-state index contributed by atoms with van der Waals surface area (Å²) in [7, 11) is 1.33. The zero-order chi connectivity index (χ0) is 21.4.